The van der Waals surface area contributed by atoms with Crippen LogP contribution in [0.1, 0.15) is 36.8 Å². The van der Waals surface area contributed by atoms with Gasteiger partial charge in [-0.3, -0.25) is 14.5 Å². The number of aromatic nitrogens is 4. The molecule has 3 aliphatic heterocycles. The number of anilines is 4. The van der Waals surface area contributed by atoms with Gasteiger partial charge in [0.15, 0.2) is 5.82 Å². The van der Waals surface area contributed by atoms with E-state index in [-0.39, 0.29) is 5.91 Å². The first-order valence-electron chi connectivity index (χ1n) is 13.6. The lowest BCUT2D eigenvalue weighted by Crippen LogP contribution is -2.36. The standard InChI is InChI=1S/C27H35N9O2/c37-25(34-8-2-1-3-9-34)7-10-35-20-23(18-29-35)31-27-28-16-22-17-30-36(26(22)32-27)19-21-5-4-6-24(15-21)33-11-13-38-14-12-33/h4-6,15-16,18,20,30H,1-3,7-14,17,19H2,(H,28,31,32). The van der Waals surface area contributed by atoms with Crippen molar-refractivity contribution in [2.45, 2.75) is 45.3 Å². The van der Waals surface area contributed by atoms with E-state index in [0.717, 1.165) is 69.3 Å². The number of aryl methyl sites for hydroxylation is 1. The average molecular weight is 518 g/mol. The van der Waals surface area contributed by atoms with Crippen molar-refractivity contribution in [2.75, 3.05) is 54.6 Å². The molecule has 0 unspecified atom stereocenters. The molecule has 11 heteroatoms. The maximum atomic E-state index is 12.5. The third-order valence-electron chi connectivity index (χ3n) is 7.34. The number of morpholine rings is 1. The van der Waals surface area contributed by atoms with Crippen molar-refractivity contribution in [2.24, 2.45) is 0 Å². The Morgan fingerprint density at radius 1 is 1.08 bits per heavy atom. The van der Waals surface area contributed by atoms with Crippen LogP contribution in [0, 0.1) is 0 Å². The maximum Gasteiger partial charge on any atom is 0.229 e. The molecule has 1 aromatic carbocycles. The Labute approximate surface area is 222 Å². The number of nitrogens with zero attached hydrogens (tertiary/aromatic N) is 7. The van der Waals surface area contributed by atoms with E-state index in [1.165, 1.54) is 17.7 Å². The molecule has 11 nitrogen and oxygen atoms in total. The number of hydrogen-bond acceptors (Lipinski definition) is 9. The van der Waals surface area contributed by atoms with E-state index < -0.39 is 0 Å². The highest BCUT2D eigenvalue weighted by Gasteiger charge is 2.23. The van der Waals surface area contributed by atoms with Crippen LogP contribution >= 0.6 is 0 Å². The van der Waals surface area contributed by atoms with Crippen molar-refractivity contribution < 1.29 is 9.53 Å². The number of likely N-dealkylation sites (tertiary alicyclic amines) is 1. The van der Waals surface area contributed by atoms with Crippen LogP contribution in [0.5, 0.6) is 0 Å². The van der Waals surface area contributed by atoms with Gasteiger partial charge in [0.1, 0.15) is 0 Å². The molecule has 2 saturated heterocycles. The molecule has 0 atom stereocenters. The van der Waals surface area contributed by atoms with Crippen LogP contribution in [0.2, 0.25) is 0 Å². The molecule has 0 saturated carbocycles. The number of piperidine rings is 1. The molecule has 38 heavy (non-hydrogen) atoms. The van der Waals surface area contributed by atoms with Crippen LogP contribution in [0.3, 0.4) is 0 Å². The Kier molecular flexibility index (Phi) is 7.36. The van der Waals surface area contributed by atoms with E-state index in [1.807, 2.05) is 17.3 Å². The molecule has 5 heterocycles. The molecule has 1 amide bonds. The van der Waals surface area contributed by atoms with E-state index in [9.17, 15) is 4.79 Å². The van der Waals surface area contributed by atoms with Crippen molar-refractivity contribution in [1.29, 1.82) is 0 Å². The van der Waals surface area contributed by atoms with E-state index in [0.29, 0.717) is 32.0 Å². The van der Waals surface area contributed by atoms with Gasteiger partial charge in [-0.2, -0.15) is 10.1 Å². The van der Waals surface area contributed by atoms with Crippen LogP contribution in [0.15, 0.2) is 42.9 Å². The molecule has 0 radical (unpaired) electrons. The molecule has 0 spiro atoms. The summed E-state index contributed by atoms with van der Waals surface area (Å²) in [7, 11) is 0. The molecule has 3 aromatic rings. The fraction of sp³-hybridized carbons (Fsp3) is 0.481. The predicted octanol–water partition coefficient (Wildman–Crippen LogP) is 2.68. The summed E-state index contributed by atoms with van der Waals surface area (Å²) in [6, 6.07) is 8.67. The van der Waals surface area contributed by atoms with Gasteiger partial charge < -0.3 is 19.9 Å². The zero-order valence-electron chi connectivity index (χ0n) is 21.7. The van der Waals surface area contributed by atoms with Crippen molar-refractivity contribution in [3.63, 3.8) is 0 Å². The number of carbonyl (C=O) groups is 1. The topological polar surface area (TPSA) is 104 Å². The minimum atomic E-state index is 0.208. The number of carbonyl (C=O) groups excluding carboxylic acids is 1. The van der Waals surface area contributed by atoms with Crippen molar-refractivity contribution in [1.82, 2.24) is 30.1 Å². The molecule has 2 N–H and O–H groups in total. The summed E-state index contributed by atoms with van der Waals surface area (Å²) in [4.78, 5) is 26.1. The zero-order valence-corrected chi connectivity index (χ0v) is 21.7. The minimum absolute atomic E-state index is 0.208. The third kappa shape index (κ3) is 5.73. The minimum Gasteiger partial charge on any atom is -0.378 e. The predicted molar refractivity (Wildman–Crippen MR) is 145 cm³/mol. The number of hydrogen-bond donors (Lipinski definition) is 2. The van der Waals surface area contributed by atoms with E-state index in [1.54, 1.807) is 10.9 Å². The normalized spacial score (nSPS) is 17.5. The monoisotopic (exact) mass is 517 g/mol. The van der Waals surface area contributed by atoms with Gasteiger partial charge in [-0.05, 0) is 37.0 Å². The van der Waals surface area contributed by atoms with Gasteiger partial charge >= 0.3 is 0 Å². The van der Waals surface area contributed by atoms with Crippen LogP contribution < -0.4 is 20.7 Å². The SMILES string of the molecule is O=C(CCn1cc(Nc2ncc3c(n2)N(Cc2cccc(N4CCOCC4)c2)NC3)cn1)N1CCCCC1. The molecule has 0 aliphatic carbocycles. The van der Waals surface area contributed by atoms with Crippen LogP contribution in [-0.4, -0.2) is 69.9 Å². The lowest BCUT2D eigenvalue weighted by Gasteiger charge is -2.29. The molecule has 3 aliphatic rings. The molecule has 6 rings (SSSR count). The van der Waals surface area contributed by atoms with Crippen LogP contribution in [0.4, 0.5) is 23.1 Å². The quantitative estimate of drug-likeness (QED) is 0.467. The second-order valence-electron chi connectivity index (χ2n) is 10.0. The van der Waals surface area contributed by atoms with E-state index in [4.69, 9.17) is 9.72 Å². The summed E-state index contributed by atoms with van der Waals surface area (Å²) in [5, 5.41) is 9.76. The van der Waals surface area contributed by atoms with Crippen molar-refractivity contribution in [3.05, 3.63) is 54.0 Å². The highest BCUT2D eigenvalue weighted by atomic mass is 16.5. The second-order valence-corrected chi connectivity index (χ2v) is 10.0. The Bertz CT molecular complexity index is 1250. The van der Waals surface area contributed by atoms with Gasteiger partial charge in [-0.1, -0.05) is 12.1 Å². The first-order valence-corrected chi connectivity index (χ1v) is 13.6. The second kappa shape index (κ2) is 11.4. The lowest BCUT2D eigenvalue weighted by atomic mass is 10.1. The van der Waals surface area contributed by atoms with Gasteiger partial charge in [0.25, 0.3) is 0 Å². The zero-order chi connectivity index (χ0) is 25.7. The van der Waals surface area contributed by atoms with Gasteiger partial charge in [0.05, 0.1) is 31.6 Å². The van der Waals surface area contributed by atoms with Crippen LogP contribution in [0.25, 0.3) is 0 Å². The van der Waals surface area contributed by atoms with Gasteiger partial charge in [0.2, 0.25) is 11.9 Å². The summed E-state index contributed by atoms with van der Waals surface area (Å²) < 4.78 is 7.30. The number of benzene rings is 1. The van der Waals surface area contributed by atoms with Gasteiger partial charge in [-0.15, -0.1) is 0 Å². The average Bonchev–Trinajstić information content (AvgIpc) is 3.59. The Morgan fingerprint density at radius 2 is 1.95 bits per heavy atom. The van der Waals surface area contributed by atoms with E-state index >= 15 is 0 Å². The van der Waals surface area contributed by atoms with E-state index in [2.05, 4.69) is 55.0 Å². The summed E-state index contributed by atoms with van der Waals surface area (Å²) >= 11 is 0. The number of hydrazine groups is 1. The molecular formula is C27H35N9O2. The van der Waals surface area contributed by atoms with Crippen LogP contribution in [-0.2, 0) is 29.2 Å². The fourth-order valence-electron chi connectivity index (χ4n) is 5.25. The molecule has 2 aromatic heterocycles. The number of nitrogens with one attached hydrogen (secondary N) is 2. The highest BCUT2D eigenvalue weighted by molar-refractivity contribution is 5.76. The van der Waals surface area contributed by atoms with Gasteiger partial charge in [-0.25, -0.2) is 10.4 Å². The summed E-state index contributed by atoms with van der Waals surface area (Å²) in [6.07, 6.45) is 9.40. The smallest absolute Gasteiger partial charge is 0.229 e. The summed E-state index contributed by atoms with van der Waals surface area (Å²) in [6.45, 7) is 7.09. The Hall–Kier alpha value is -3.70. The summed E-state index contributed by atoms with van der Waals surface area (Å²) in [5.41, 5.74) is 7.73. The lowest BCUT2D eigenvalue weighted by molar-refractivity contribution is -0.132. The van der Waals surface area contributed by atoms with Gasteiger partial charge in [0, 0.05) is 69.3 Å². The van der Waals surface area contributed by atoms with Crippen molar-refractivity contribution >= 4 is 29.0 Å². The summed E-state index contributed by atoms with van der Waals surface area (Å²) in [5.74, 6) is 1.60. The molecular weight excluding hydrogens is 482 g/mol. The first-order chi connectivity index (χ1) is 18.7. The number of amides is 1. The highest BCUT2D eigenvalue weighted by Crippen LogP contribution is 2.27. The maximum absolute atomic E-state index is 12.5. The fourth-order valence-corrected chi connectivity index (χ4v) is 5.25. The molecule has 2 fully saturated rings. The largest absolute Gasteiger partial charge is 0.378 e. The number of fused-ring (bicyclic) bond motifs is 1. The Morgan fingerprint density at radius 3 is 2.82 bits per heavy atom. The molecule has 0 bridgehead atoms. The number of ether oxygens (including phenoxy) is 1. The first kappa shape index (κ1) is 24.6. The third-order valence-corrected chi connectivity index (χ3v) is 7.34. The molecule has 200 valence electrons. The van der Waals surface area contributed by atoms with Crippen molar-refractivity contribution in [3.8, 4) is 0 Å². The Balaban J connectivity index is 1.07. The number of rotatable bonds is 8.